The average molecular weight is 770 g/mol. The Morgan fingerprint density at radius 1 is 0.483 bits per heavy atom. The molecule has 0 fully saturated rings. The Hall–Kier alpha value is -5.48. The molecule has 2 aromatic heterocycles. The molecule has 0 radical (unpaired) electrons. The molecule has 1 unspecified atom stereocenters. The molecule has 0 spiro atoms. The molecular weight excluding hydrogens is 705 g/mol. The third-order valence-electron chi connectivity index (χ3n) is 11.7. The van der Waals surface area contributed by atoms with E-state index in [-0.39, 0.29) is 0 Å². The smallest absolute Gasteiger partial charge is 0.294 e. The molecule has 7 aromatic rings. The van der Waals surface area contributed by atoms with Gasteiger partial charge >= 0.3 is 0 Å². The number of para-hydroxylation sites is 1. The lowest BCUT2D eigenvalue weighted by Gasteiger charge is -2.23. The van der Waals surface area contributed by atoms with Crippen LogP contribution in [0.5, 0.6) is 0 Å². The first-order valence-corrected chi connectivity index (χ1v) is 21.4. The van der Waals surface area contributed by atoms with E-state index < -0.39 is 0 Å². The van der Waals surface area contributed by atoms with Crippen molar-refractivity contribution in [3.05, 3.63) is 168 Å². The molecule has 2 heterocycles. The zero-order valence-corrected chi connectivity index (χ0v) is 37.0. The Bertz CT molecular complexity index is 2350. The van der Waals surface area contributed by atoms with Gasteiger partial charge in [-0.2, -0.15) is 4.57 Å². The summed E-state index contributed by atoms with van der Waals surface area (Å²) in [6.07, 6.45) is 8.54. The topological polar surface area (TPSA) is 26.6 Å². The summed E-state index contributed by atoms with van der Waals surface area (Å²) in [5, 5.41) is 0. The van der Waals surface area contributed by atoms with E-state index in [1.54, 1.807) is 0 Å². The van der Waals surface area contributed by atoms with Crippen LogP contribution in [0.4, 0.5) is 0 Å². The zero-order valence-electron chi connectivity index (χ0n) is 37.0. The molecule has 4 nitrogen and oxygen atoms in total. The first-order chi connectivity index (χ1) is 27.8. The number of imidazole rings is 2. The van der Waals surface area contributed by atoms with Gasteiger partial charge in [0.25, 0.3) is 5.82 Å². The second kappa shape index (κ2) is 18.4. The Labute approximate surface area is 349 Å². The van der Waals surface area contributed by atoms with E-state index in [1.807, 2.05) is 12.3 Å². The summed E-state index contributed by atoms with van der Waals surface area (Å²) >= 11 is 0. The van der Waals surface area contributed by atoms with Crippen LogP contribution in [-0.2, 0) is 0 Å². The minimum absolute atomic E-state index is 0.400. The maximum atomic E-state index is 4.71. The van der Waals surface area contributed by atoms with Crippen LogP contribution < -0.4 is 4.57 Å². The van der Waals surface area contributed by atoms with Crippen molar-refractivity contribution in [2.24, 2.45) is 5.92 Å². The lowest BCUT2D eigenvalue weighted by atomic mass is 9.88. The molecular formula is C54H65N4+. The molecule has 0 bridgehead atoms. The highest BCUT2D eigenvalue weighted by Gasteiger charge is 2.30. The SMILES string of the molecule is CC(C)c1cc(-c2ccccc2)cc(C(C)C)c1-n1ccnc1-c1ccccc1.Cc1ccccc1-c1n(-c2c(C(C)C)cccc2C(C)C)cc[n+]1C(C)C(C)C. The monoisotopic (exact) mass is 770 g/mol. The number of rotatable bonds is 11. The van der Waals surface area contributed by atoms with E-state index in [9.17, 15) is 0 Å². The summed E-state index contributed by atoms with van der Waals surface area (Å²) in [4.78, 5) is 4.71. The second-order valence-electron chi connectivity index (χ2n) is 17.5. The largest absolute Gasteiger partial charge is 0.299 e. The van der Waals surface area contributed by atoms with Gasteiger partial charge in [0.2, 0.25) is 0 Å². The molecule has 0 N–H and O–H groups in total. The summed E-state index contributed by atoms with van der Waals surface area (Å²) in [5.74, 6) is 4.55. The van der Waals surface area contributed by atoms with Crippen LogP contribution in [0.15, 0.2) is 140 Å². The van der Waals surface area contributed by atoms with E-state index >= 15 is 0 Å². The maximum absolute atomic E-state index is 4.71. The minimum Gasteiger partial charge on any atom is -0.299 e. The molecule has 0 aliphatic carbocycles. The van der Waals surface area contributed by atoms with Crippen molar-refractivity contribution >= 4 is 0 Å². The van der Waals surface area contributed by atoms with Crippen molar-refractivity contribution in [2.75, 3.05) is 0 Å². The molecule has 0 aliphatic heterocycles. The highest BCUT2D eigenvalue weighted by Crippen LogP contribution is 2.38. The number of hydrogen-bond acceptors (Lipinski definition) is 1. The van der Waals surface area contributed by atoms with Crippen LogP contribution in [-0.4, -0.2) is 14.1 Å². The van der Waals surface area contributed by atoms with Crippen molar-refractivity contribution in [1.82, 2.24) is 14.1 Å². The Morgan fingerprint density at radius 2 is 0.983 bits per heavy atom. The summed E-state index contributed by atoms with van der Waals surface area (Å²) in [7, 11) is 0. The van der Waals surface area contributed by atoms with Crippen LogP contribution in [0.1, 0.15) is 134 Å². The number of hydrogen-bond donors (Lipinski definition) is 0. The predicted octanol–water partition coefficient (Wildman–Crippen LogP) is 14.7. The fraction of sp³-hybridized carbons (Fsp3) is 0.333. The number of aryl methyl sites for hydroxylation is 1. The summed E-state index contributed by atoms with van der Waals surface area (Å²) in [6, 6.07) is 41.8. The second-order valence-corrected chi connectivity index (χ2v) is 17.5. The van der Waals surface area contributed by atoms with E-state index in [1.165, 1.54) is 61.7 Å². The standard InChI is InChI=1S/C27H28N2.C27H37N2/c1-19(2)24-17-23(21-11-7-5-8-12-21)18-25(20(3)4)26(24)29-16-15-28-27(29)22-13-9-6-10-14-22;1-18(2)22(8)28-16-17-29(27(28)25-13-10-9-12-21(25)7)26-23(19(3)4)14-11-15-24(26)20(5)6/h5-20H,1-4H3;9-20,22H,1-8H3/q;+1. The zero-order chi connectivity index (χ0) is 41.7. The van der Waals surface area contributed by atoms with Gasteiger partial charge in [0.15, 0.2) is 0 Å². The van der Waals surface area contributed by atoms with Gasteiger partial charge in [0, 0.05) is 29.1 Å². The highest BCUT2D eigenvalue weighted by molar-refractivity contribution is 5.71. The highest BCUT2D eigenvalue weighted by atomic mass is 15.2. The minimum atomic E-state index is 0.400. The predicted molar refractivity (Wildman–Crippen MR) is 246 cm³/mol. The van der Waals surface area contributed by atoms with Crippen LogP contribution >= 0.6 is 0 Å². The molecule has 5 aromatic carbocycles. The Kier molecular flexibility index (Phi) is 13.4. The molecule has 1 atom stereocenters. The molecule has 0 aliphatic rings. The van der Waals surface area contributed by atoms with Crippen molar-refractivity contribution in [3.8, 4) is 45.3 Å². The first kappa shape index (κ1) is 42.1. The van der Waals surface area contributed by atoms with Crippen molar-refractivity contribution in [3.63, 3.8) is 0 Å². The van der Waals surface area contributed by atoms with Gasteiger partial charge in [-0.15, -0.1) is 0 Å². The third kappa shape index (κ3) is 8.82. The number of nitrogens with zero attached hydrogens (tertiary/aromatic N) is 4. The third-order valence-corrected chi connectivity index (χ3v) is 11.7. The summed E-state index contributed by atoms with van der Waals surface area (Å²) in [5.41, 5.74) is 14.4. The fourth-order valence-electron chi connectivity index (χ4n) is 8.04. The molecule has 0 saturated heterocycles. The van der Waals surface area contributed by atoms with Gasteiger partial charge in [0.05, 0.1) is 11.3 Å². The van der Waals surface area contributed by atoms with Gasteiger partial charge < -0.3 is 0 Å². The van der Waals surface area contributed by atoms with E-state index in [0.29, 0.717) is 35.6 Å². The first-order valence-electron chi connectivity index (χ1n) is 21.4. The van der Waals surface area contributed by atoms with E-state index in [2.05, 4.69) is 225 Å². The molecule has 58 heavy (non-hydrogen) atoms. The number of benzene rings is 5. The van der Waals surface area contributed by atoms with Gasteiger partial charge in [-0.3, -0.25) is 4.57 Å². The average Bonchev–Trinajstić information content (AvgIpc) is 3.89. The van der Waals surface area contributed by atoms with Crippen molar-refractivity contribution in [2.45, 2.75) is 113 Å². The van der Waals surface area contributed by atoms with Crippen LogP contribution in [0, 0.1) is 12.8 Å². The van der Waals surface area contributed by atoms with Gasteiger partial charge in [0.1, 0.15) is 29.9 Å². The molecule has 7 rings (SSSR count). The van der Waals surface area contributed by atoms with Gasteiger partial charge in [-0.25, -0.2) is 9.55 Å². The van der Waals surface area contributed by atoms with E-state index in [4.69, 9.17) is 4.98 Å². The van der Waals surface area contributed by atoms with Gasteiger partial charge in [-0.1, -0.05) is 166 Å². The van der Waals surface area contributed by atoms with Crippen LogP contribution in [0.3, 0.4) is 0 Å². The quantitative estimate of drug-likeness (QED) is 0.120. The maximum Gasteiger partial charge on any atom is 0.294 e. The van der Waals surface area contributed by atoms with Crippen molar-refractivity contribution < 1.29 is 4.57 Å². The van der Waals surface area contributed by atoms with Crippen LogP contribution in [0.2, 0.25) is 0 Å². The summed E-state index contributed by atoms with van der Waals surface area (Å²) in [6.45, 7) is 27.4. The summed E-state index contributed by atoms with van der Waals surface area (Å²) < 4.78 is 7.19. The Balaban J connectivity index is 0.000000196. The molecule has 0 amide bonds. The fourth-order valence-corrected chi connectivity index (χ4v) is 8.04. The van der Waals surface area contributed by atoms with Crippen molar-refractivity contribution in [1.29, 1.82) is 0 Å². The number of aromatic nitrogens is 4. The molecule has 4 heteroatoms. The van der Waals surface area contributed by atoms with Gasteiger partial charge in [-0.05, 0) is 89.5 Å². The lowest BCUT2D eigenvalue weighted by molar-refractivity contribution is -0.714. The Morgan fingerprint density at radius 3 is 1.50 bits per heavy atom. The normalized spacial score (nSPS) is 12.2. The van der Waals surface area contributed by atoms with E-state index in [0.717, 1.165) is 11.4 Å². The van der Waals surface area contributed by atoms with Crippen LogP contribution in [0.25, 0.3) is 45.3 Å². The lowest BCUT2D eigenvalue weighted by Crippen LogP contribution is -2.41. The molecule has 300 valence electrons. The molecule has 0 saturated carbocycles.